The van der Waals surface area contributed by atoms with Gasteiger partial charge < -0.3 is 14.8 Å². The molecule has 10 nitrogen and oxygen atoms in total. The van der Waals surface area contributed by atoms with Crippen LogP contribution in [0, 0.1) is 6.92 Å². The molecule has 174 valence electrons. The van der Waals surface area contributed by atoms with Crippen molar-refractivity contribution in [2.75, 3.05) is 19.0 Å². The van der Waals surface area contributed by atoms with Gasteiger partial charge in [-0.15, -0.1) is 5.10 Å². The van der Waals surface area contributed by atoms with E-state index in [1.54, 1.807) is 51.3 Å². The molecule has 10 heteroatoms. The second-order valence-corrected chi connectivity index (χ2v) is 7.37. The van der Waals surface area contributed by atoms with Crippen molar-refractivity contribution in [1.82, 2.24) is 19.2 Å². The summed E-state index contributed by atoms with van der Waals surface area (Å²) in [5, 5.41) is 6.97. The van der Waals surface area contributed by atoms with Gasteiger partial charge >= 0.3 is 11.7 Å². The first-order chi connectivity index (χ1) is 16.4. The van der Waals surface area contributed by atoms with E-state index >= 15 is 0 Å². The van der Waals surface area contributed by atoms with Crippen LogP contribution in [0.1, 0.15) is 23.1 Å². The minimum absolute atomic E-state index is 0.212. The zero-order chi connectivity index (χ0) is 24.2. The Kier molecular flexibility index (Phi) is 6.39. The van der Waals surface area contributed by atoms with Gasteiger partial charge in [0.2, 0.25) is 5.91 Å². The molecule has 0 aliphatic rings. The Morgan fingerprint density at radius 1 is 1.09 bits per heavy atom. The lowest BCUT2D eigenvalue weighted by molar-refractivity contribution is -0.117. The Morgan fingerprint density at radius 2 is 1.82 bits per heavy atom. The van der Waals surface area contributed by atoms with Crippen LogP contribution in [0.5, 0.6) is 5.75 Å². The topological polar surface area (TPSA) is 117 Å². The maximum Gasteiger partial charge on any atom is 0.352 e. The molecule has 34 heavy (non-hydrogen) atoms. The lowest BCUT2D eigenvalue weighted by atomic mass is 10.1. The number of methoxy groups -OCH3 is 1. The van der Waals surface area contributed by atoms with Gasteiger partial charge in [-0.2, -0.15) is 0 Å². The van der Waals surface area contributed by atoms with E-state index < -0.39 is 17.6 Å². The van der Waals surface area contributed by atoms with Crippen molar-refractivity contribution < 1.29 is 19.1 Å². The fraction of sp³-hybridized carbons (Fsp3) is 0.208. The number of amides is 1. The fourth-order valence-corrected chi connectivity index (χ4v) is 3.52. The Hall–Kier alpha value is -4.47. The molecule has 4 aromatic rings. The molecular weight excluding hydrogens is 438 g/mol. The molecule has 0 bridgehead atoms. The third kappa shape index (κ3) is 4.51. The van der Waals surface area contributed by atoms with Crippen molar-refractivity contribution in [2.45, 2.75) is 20.4 Å². The first-order valence-electron chi connectivity index (χ1n) is 10.6. The molecule has 0 saturated heterocycles. The van der Waals surface area contributed by atoms with Crippen LogP contribution in [-0.4, -0.2) is 44.8 Å². The molecule has 2 aromatic heterocycles. The Balaban J connectivity index is 1.60. The number of fused-ring (bicyclic) bond motifs is 1. The molecule has 0 saturated carbocycles. The molecule has 2 aromatic carbocycles. The monoisotopic (exact) mass is 461 g/mol. The summed E-state index contributed by atoms with van der Waals surface area (Å²) in [6, 6.07) is 15.5. The largest absolute Gasteiger partial charge is 0.497 e. The van der Waals surface area contributed by atoms with Gasteiger partial charge in [-0.05, 0) is 50.2 Å². The molecule has 1 N–H and O–H groups in total. The summed E-state index contributed by atoms with van der Waals surface area (Å²) in [5.41, 5.74) is 1.86. The maximum atomic E-state index is 12.9. The molecule has 0 spiro atoms. The molecular formula is C24H23N5O5. The Labute approximate surface area is 194 Å². The van der Waals surface area contributed by atoms with Gasteiger partial charge in [0, 0.05) is 11.6 Å². The molecule has 0 radical (unpaired) electrons. The van der Waals surface area contributed by atoms with Gasteiger partial charge in [-0.1, -0.05) is 12.1 Å². The highest BCUT2D eigenvalue weighted by Gasteiger charge is 2.17. The van der Waals surface area contributed by atoms with Crippen molar-refractivity contribution in [3.63, 3.8) is 0 Å². The van der Waals surface area contributed by atoms with Crippen LogP contribution in [0.2, 0.25) is 0 Å². The molecule has 0 aliphatic carbocycles. The number of esters is 1. The van der Waals surface area contributed by atoms with Crippen LogP contribution in [0.15, 0.2) is 59.4 Å². The predicted molar refractivity (Wildman–Crippen MR) is 125 cm³/mol. The molecule has 2 heterocycles. The number of hydrogen-bond donors (Lipinski definition) is 1. The van der Waals surface area contributed by atoms with Gasteiger partial charge in [-0.3, -0.25) is 4.79 Å². The quantitative estimate of drug-likeness (QED) is 0.421. The number of aryl methyl sites for hydroxylation is 1. The molecule has 4 rings (SSSR count). The van der Waals surface area contributed by atoms with Crippen molar-refractivity contribution in [3.8, 4) is 17.0 Å². The number of carbonyl (C=O) groups is 2. The number of ether oxygens (including phenoxy) is 2. The van der Waals surface area contributed by atoms with Crippen LogP contribution < -0.4 is 15.7 Å². The lowest BCUT2D eigenvalue weighted by Crippen LogP contribution is -2.29. The zero-order valence-electron chi connectivity index (χ0n) is 18.9. The summed E-state index contributed by atoms with van der Waals surface area (Å²) < 4.78 is 12.6. The first-order valence-corrected chi connectivity index (χ1v) is 10.6. The first kappa shape index (κ1) is 22.7. The Morgan fingerprint density at radius 3 is 2.53 bits per heavy atom. The number of carbonyl (C=O) groups excluding carboxylic acids is 2. The van der Waals surface area contributed by atoms with Gasteiger partial charge in [0.15, 0.2) is 5.65 Å². The van der Waals surface area contributed by atoms with E-state index in [2.05, 4.69) is 15.4 Å². The molecule has 0 fully saturated rings. The SMILES string of the molecule is CCOC(=O)c1ccccc1NC(=O)Cn1nc2cc(-c3ccc(OC)cc3)nc(C)n2c1=O. The van der Waals surface area contributed by atoms with Crippen LogP contribution in [0.4, 0.5) is 5.69 Å². The van der Waals surface area contributed by atoms with Crippen LogP contribution in [0.3, 0.4) is 0 Å². The summed E-state index contributed by atoms with van der Waals surface area (Å²) >= 11 is 0. The van der Waals surface area contributed by atoms with E-state index in [1.807, 2.05) is 24.3 Å². The minimum Gasteiger partial charge on any atom is -0.497 e. The van der Waals surface area contributed by atoms with Crippen LogP contribution in [-0.2, 0) is 16.1 Å². The fourth-order valence-electron chi connectivity index (χ4n) is 3.52. The molecule has 0 unspecified atom stereocenters. The minimum atomic E-state index is -0.545. The summed E-state index contributed by atoms with van der Waals surface area (Å²) in [6.07, 6.45) is 0. The maximum absolute atomic E-state index is 12.9. The average Bonchev–Trinajstić information content (AvgIpc) is 3.14. The number of hydrogen-bond acceptors (Lipinski definition) is 7. The number of rotatable bonds is 7. The van der Waals surface area contributed by atoms with E-state index in [9.17, 15) is 14.4 Å². The highest BCUT2D eigenvalue weighted by Crippen LogP contribution is 2.22. The van der Waals surface area contributed by atoms with Crippen LogP contribution in [0.25, 0.3) is 16.9 Å². The summed E-state index contributed by atoms with van der Waals surface area (Å²) in [7, 11) is 1.59. The summed E-state index contributed by atoms with van der Waals surface area (Å²) in [4.78, 5) is 42.2. The smallest absolute Gasteiger partial charge is 0.352 e. The number of benzene rings is 2. The second kappa shape index (κ2) is 9.57. The summed E-state index contributed by atoms with van der Waals surface area (Å²) in [6.45, 7) is 3.27. The van der Waals surface area contributed by atoms with E-state index in [0.29, 0.717) is 22.9 Å². The van der Waals surface area contributed by atoms with Crippen molar-refractivity contribution >= 4 is 23.2 Å². The third-order valence-electron chi connectivity index (χ3n) is 5.11. The van der Waals surface area contributed by atoms with Crippen LogP contribution >= 0.6 is 0 Å². The molecule has 0 aliphatic heterocycles. The Bertz CT molecular complexity index is 1420. The highest BCUT2D eigenvalue weighted by atomic mass is 16.5. The average molecular weight is 461 g/mol. The number of aromatic nitrogens is 4. The van der Waals surface area contributed by atoms with Crippen molar-refractivity contribution in [1.29, 1.82) is 0 Å². The van der Waals surface area contributed by atoms with E-state index in [1.165, 1.54) is 4.40 Å². The van der Waals surface area contributed by atoms with Crippen molar-refractivity contribution in [3.05, 3.63) is 76.5 Å². The molecule has 1 amide bonds. The zero-order valence-corrected chi connectivity index (χ0v) is 18.9. The van der Waals surface area contributed by atoms with Gasteiger partial charge in [0.05, 0.1) is 30.7 Å². The predicted octanol–water partition coefficient (Wildman–Crippen LogP) is 2.69. The normalized spacial score (nSPS) is 10.8. The standard InChI is InChI=1S/C24H23N5O5/c1-4-34-23(31)18-7-5-6-8-19(18)26-22(30)14-28-24(32)29-15(2)25-20(13-21(29)27-28)16-9-11-17(33-3)12-10-16/h5-13H,4,14H2,1-3H3,(H,26,30). The molecule has 0 atom stereocenters. The number of nitrogens with zero attached hydrogens (tertiary/aromatic N) is 4. The number of anilines is 1. The third-order valence-corrected chi connectivity index (χ3v) is 5.11. The van der Waals surface area contributed by atoms with Crippen molar-refractivity contribution in [2.24, 2.45) is 0 Å². The van der Waals surface area contributed by atoms with Gasteiger partial charge in [0.25, 0.3) is 0 Å². The number of para-hydroxylation sites is 1. The number of nitrogens with one attached hydrogen (secondary N) is 1. The van der Waals surface area contributed by atoms with Gasteiger partial charge in [-0.25, -0.2) is 23.7 Å². The van der Waals surface area contributed by atoms with E-state index in [-0.39, 0.29) is 18.7 Å². The van der Waals surface area contributed by atoms with E-state index in [4.69, 9.17) is 9.47 Å². The second-order valence-electron chi connectivity index (χ2n) is 7.37. The highest BCUT2D eigenvalue weighted by molar-refractivity contribution is 6.01. The van der Waals surface area contributed by atoms with Gasteiger partial charge in [0.1, 0.15) is 18.1 Å². The van der Waals surface area contributed by atoms with E-state index in [0.717, 1.165) is 16.0 Å². The lowest BCUT2D eigenvalue weighted by Gasteiger charge is -2.10. The summed E-state index contributed by atoms with van der Waals surface area (Å²) in [5.74, 6) is 0.101.